The van der Waals surface area contributed by atoms with Crippen molar-refractivity contribution in [3.63, 3.8) is 0 Å². The highest BCUT2D eigenvalue weighted by molar-refractivity contribution is 5.59. The van der Waals surface area contributed by atoms with E-state index < -0.39 is 0 Å². The number of nitrogens with zero attached hydrogens (tertiary/aromatic N) is 2. The summed E-state index contributed by atoms with van der Waals surface area (Å²) in [6.07, 6.45) is 0. The molecule has 0 radical (unpaired) electrons. The molecule has 0 aromatic heterocycles. The first-order valence-electron chi connectivity index (χ1n) is 7.24. The van der Waals surface area contributed by atoms with Crippen LogP contribution in [0.4, 0.5) is 5.69 Å². The monoisotopic (exact) mass is 261 g/mol. The topological polar surface area (TPSA) is 32.5 Å². The quantitative estimate of drug-likeness (QED) is 0.884. The van der Waals surface area contributed by atoms with Gasteiger partial charge in [0.05, 0.1) is 0 Å². The molecule has 106 valence electrons. The van der Waals surface area contributed by atoms with Crippen LogP contribution in [-0.4, -0.2) is 44.2 Å². The molecular formula is C16H27N3. The van der Waals surface area contributed by atoms with Crippen LogP contribution >= 0.6 is 0 Å². The van der Waals surface area contributed by atoms with Crippen LogP contribution < -0.4 is 10.6 Å². The summed E-state index contributed by atoms with van der Waals surface area (Å²) >= 11 is 0. The van der Waals surface area contributed by atoms with Crippen molar-refractivity contribution in [3.8, 4) is 0 Å². The van der Waals surface area contributed by atoms with Crippen molar-refractivity contribution in [1.29, 1.82) is 0 Å². The number of aryl methyl sites for hydroxylation is 2. The Morgan fingerprint density at radius 1 is 1.16 bits per heavy atom. The molecule has 1 aliphatic rings. The fourth-order valence-electron chi connectivity index (χ4n) is 3.28. The van der Waals surface area contributed by atoms with E-state index in [1.165, 1.54) is 16.8 Å². The Labute approximate surface area is 117 Å². The fraction of sp³-hybridized carbons (Fsp3) is 0.625. The summed E-state index contributed by atoms with van der Waals surface area (Å²) in [5, 5.41) is 0. The van der Waals surface area contributed by atoms with Crippen LogP contribution in [0.5, 0.6) is 0 Å². The lowest BCUT2D eigenvalue weighted by molar-refractivity contribution is 0.244. The van der Waals surface area contributed by atoms with Gasteiger partial charge >= 0.3 is 0 Å². The molecule has 1 aromatic rings. The van der Waals surface area contributed by atoms with E-state index in [2.05, 4.69) is 55.8 Å². The molecule has 1 heterocycles. The van der Waals surface area contributed by atoms with Gasteiger partial charge in [0.1, 0.15) is 0 Å². The molecule has 3 heteroatoms. The molecule has 0 spiro atoms. The zero-order valence-corrected chi connectivity index (χ0v) is 12.7. The number of hydrogen-bond acceptors (Lipinski definition) is 3. The summed E-state index contributed by atoms with van der Waals surface area (Å²) in [5.41, 5.74) is 10.1. The van der Waals surface area contributed by atoms with Crippen molar-refractivity contribution in [2.45, 2.75) is 26.8 Å². The summed E-state index contributed by atoms with van der Waals surface area (Å²) in [6, 6.07) is 7.00. The Morgan fingerprint density at radius 2 is 1.79 bits per heavy atom. The van der Waals surface area contributed by atoms with Crippen LogP contribution in [0.2, 0.25) is 0 Å². The van der Waals surface area contributed by atoms with E-state index >= 15 is 0 Å². The van der Waals surface area contributed by atoms with Crippen molar-refractivity contribution in [2.75, 3.05) is 38.1 Å². The molecule has 0 bridgehead atoms. The van der Waals surface area contributed by atoms with Gasteiger partial charge in [-0.2, -0.15) is 0 Å². The third-order valence-corrected chi connectivity index (χ3v) is 4.21. The van der Waals surface area contributed by atoms with Crippen LogP contribution in [0.15, 0.2) is 18.2 Å². The van der Waals surface area contributed by atoms with Crippen LogP contribution in [0, 0.1) is 19.8 Å². The van der Waals surface area contributed by atoms with Crippen molar-refractivity contribution in [2.24, 2.45) is 11.7 Å². The zero-order valence-electron chi connectivity index (χ0n) is 12.7. The first-order valence-corrected chi connectivity index (χ1v) is 7.24. The van der Waals surface area contributed by atoms with Crippen molar-refractivity contribution in [1.82, 2.24) is 4.90 Å². The minimum atomic E-state index is 0.448. The minimum Gasteiger partial charge on any atom is -0.369 e. The van der Waals surface area contributed by atoms with Gasteiger partial charge in [0.25, 0.3) is 0 Å². The van der Waals surface area contributed by atoms with E-state index in [1.54, 1.807) is 0 Å². The van der Waals surface area contributed by atoms with E-state index in [0.29, 0.717) is 12.0 Å². The first-order chi connectivity index (χ1) is 9.02. The van der Waals surface area contributed by atoms with Crippen LogP contribution in [0.1, 0.15) is 18.1 Å². The number of benzene rings is 1. The largest absolute Gasteiger partial charge is 0.369 e. The van der Waals surface area contributed by atoms with Gasteiger partial charge in [-0.15, -0.1) is 0 Å². The van der Waals surface area contributed by atoms with E-state index in [1.807, 2.05) is 0 Å². The molecule has 0 saturated carbocycles. The van der Waals surface area contributed by atoms with Crippen LogP contribution in [0.25, 0.3) is 0 Å². The van der Waals surface area contributed by atoms with Crippen LogP contribution in [0.3, 0.4) is 0 Å². The number of nitrogens with two attached hydrogens (primary N) is 1. The van der Waals surface area contributed by atoms with Gasteiger partial charge < -0.3 is 15.5 Å². The van der Waals surface area contributed by atoms with Gasteiger partial charge in [0, 0.05) is 37.9 Å². The molecule has 0 amide bonds. The second-order valence-corrected chi connectivity index (χ2v) is 6.08. The van der Waals surface area contributed by atoms with E-state index in [0.717, 1.165) is 26.2 Å². The summed E-state index contributed by atoms with van der Waals surface area (Å²) in [7, 11) is 2.20. The lowest BCUT2D eigenvalue weighted by Gasteiger charge is -2.31. The number of rotatable bonds is 2. The highest BCUT2D eigenvalue weighted by Gasteiger charge is 2.26. The Balaban J connectivity index is 2.32. The lowest BCUT2D eigenvalue weighted by atomic mass is 10.1. The van der Waals surface area contributed by atoms with E-state index in [-0.39, 0.29) is 0 Å². The van der Waals surface area contributed by atoms with Gasteiger partial charge in [-0.1, -0.05) is 25.1 Å². The molecule has 19 heavy (non-hydrogen) atoms. The fourth-order valence-corrected chi connectivity index (χ4v) is 3.28. The predicted octanol–water partition coefficient (Wildman–Crippen LogP) is 2.02. The van der Waals surface area contributed by atoms with Crippen molar-refractivity contribution < 1.29 is 0 Å². The maximum Gasteiger partial charge on any atom is 0.0426 e. The molecule has 2 unspecified atom stereocenters. The standard InChI is InChI=1S/C16H27N3/c1-12-9-18(4)15(8-17)11-19(10-12)16-13(2)6-5-7-14(16)3/h5-7,12,15H,8-11,17H2,1-4H3. The number of anilines is 1. The van der Waals surface area contributed by atoms with Crippen LogP contribution in [-0.2, 0) is 0 Å². The zero-order chi connectivity index (χ0) is 14.0. The highest BCUT2D eigenvalue weighted by atomic mass is 15.2. The molecule has 2 N–H and O–H groups in total. The Bertz CT molecular complexity index is 410. The maximum absolute atomic E-state index is 5.96. The van der Waals surface area contributed by atoms with Crippen molar-refractivity contribution in [3.05, 3.63) is 29.3 Å². The first kappa shape index (κ1) is 14.4. The summed E-state index contributed by atoms with van der Waals surface area (Å²) in [5.74, 6) is 0.667. The SMILES string of the molecule is Cc1cccc(C)c1N1CC(C)CN(C)C(CN)C1. The summed E-state index contributed by atoms with van der Waals surface area (Å²) in [4.78, 5) is 4.95. The average Bonchev–Trinajstić information content (AvgIpc) is 2.47. The summed E-state index contributed by atoms with van der Waals surface area (Å²) in [6.45, 7) is 10.7. The molecule has 0 aliphatic carbocycles. The molecule has 1 aromatic carbocycles. The maximum atomic E-state index is 5.96. The Morgan fingerprint density at radius 3 is 2.37 bits per heavy atom. The minimum absolute atomic E-state index is 0.448. The smallest absolute Gasteiger partial charge is 0.0426 e. The summed E-state index contributed by atoms with van der Waals surface area (Å²) < 4.78 is 0. The van der Waals surface area contributed by atoms with Gasteiger partial charge in [0.15, 0.2) is 0 Å². The highest BCUT2D eigenvalue weighted by Crippen LogP contribution is 2.27. The molecule has 2 rings (SSSR count). The number of hydrogen-bond donors (Lipinski definition) is 1. The second-order valence-electron chi connectivity index (χ2n) is 6.08. The predicted molar refractivity (Wildman–Crippen MR) is 82.8 cm³/mol. The molecule has 1 saturated heterocycles. The molecular weight excluding hydrogens is 234 g/mol. The normalized spacial score (nSPS) is 25.4. The molecule has 2 atom stereocenters. The van der Waals surface area contributed by atoms with Crippen molar-refractivity contribution >= 4 is 5.69 Å². The number of para-hydroxylation sites is 1. The Hall–Kier alpha value is -1.06. The van der Waals surface area contributed by atoms with Gasteiger partial charge in [-0.05, 0) is 37.9 Å². The van der Waals surface area contributed by atoms with E-state index in [9.17, 15) is 0 Å². The van der Waals surface area contributed by atoms with Gasteiger partial charge in [-0.25, -0.2) is 0 Å². The molecule has 3 nitrogen and oxygen atoms in total. The third-order valence-electron chi connectivity index (χ3n) is 4.21. The number of likely N-dealkylation sites (N-methyl/N-ethyl adjacent to an activating group) is 1. The average molecular weight is 261 g/mol. The molecule has 1 aliphatic heterocycles. The van der Waals surface area contributed by atoms with Gasteiger partial charge in [0.2, 0.25) is 0 Å². The second kappa shape index (κ2) is 5.93. The lowest BCUT2D eigenvalue weighted by Crippen LogP contribution is -2.44. The third kappa shape index (κ3) is 3.10. The van der Waals surface area contributed by atoms with Gasteiger partial charge in [-0.3, -0.25) is 0 Å². The molecule has 1 fully saturated rings. The van der Waals surface area contributed by atoms with E-state index in [4.69, 9.17) is 5.73 Å². The Kier molecular flexibility index (Phi) is 4.48.